The van der Waals surface area contributed by atoms with E-state index < -0.39 is 0 Å². The van der Waals surface area contributed by atoms with Gasteiger partial charge in [-0.2, -0.15) is 0 Å². The lowest BCUT2D eigenvalue weighted by Crippen LogP contribution is -2.44. The number of piperazine rings is 1. The van der Waals surface area contributed by atoms with Gasteiger partial charge in [-0.25, -0.2) is 15.8 Å². The molecule has 0 unspecified atom stereocenters. The van der Waals surface area contributed by atoms with Gasteiger partial charge >= 0.3 is 0 Å². The van der Waals surface area contributed by atoms with Crippen molar-refractivity contribution in [3.8, 4) is 0 Å². The first-order valence-electron chi connectivity index (χ1n) is 10.9. The molecule has 9 nitrogen and oxygen atoms in total. The number of carbonyl (C=O) groups is 1. The van der Waals surface area contributed by atoms with Crippen LogP contribution in [0.3, 0.4) is 0 Å². The van der Waals surface area contributed by atoms with Crippen molar-refractivity contribution in [3.05, 3.63) is 66.1 Å². The second kappa shape index (κ2) is 9.85. The Labute approximate surface area is 193 Å². The Kier molecular flexibility index (Phi) is 6.71. The molecule has 1 saturated heterocycles. The fourth-order valence-corrected chi connectivity index (χ4v) is 3.83. The van der Waals surface area contributed by atoms with E-state index in [2.05, 4.69) is 32.1 Å². The number of pyridine rings is 2. The first-order valence-corrected chi connectivity index (χ1v) is 10.9. The van der Waals surface area contributed by atoms with E-state index >= 15 is 0 Å². The number of anilines is 2. The number of amides is 1. The van der Waals surface area contributed by atoms with Crippen molar-refractivity contribution in [1.82, 2.24) is 19.9 Å². The molecule has 1 aromatic carbocycles. The molecule has 0 saturated carbocycles. The molecule has 0 radical (unpaired) electrons. The van der Waals surface area contributed by atoms with Gasteiger partial charge in [0, 0.05) is 57.2 Å². The molecule has 9 heteroatoms. The van der Waals surface area contributed by atoms with Crippen LogP contribution in [0.25, 0.3) is 16.5 Å². The summed E-state index contributed by atoms with van der Waals surface area (Å²) in [4.78, 5) is 26.1. The third-order valence-corrected chi connectivity index (χ3v) is 5.67. The number of likely N-dealkylation sites (N-methyl/N-ethyl adjacent to an activating group) is 1. The van der Waals surface area contributed by atoms with E-state index in [1.54, 1.807) is 25.6 Å². The van der Waals surface area contributed by atoms with E-state index in [1.165, 1.54) is 5.01 Å². The van der Waals surface area contributed by atoms with Gasteiger partial charge < -0.3 is 25.9 Å². The largest absolute Gasteiger partial charge is 0.397 e. The fraction of sp³-hybridized carbons (Fsp3) is 0.292. The Balaban J connectivity index is 1.45. The van der Waals surface area contributed by atoms with E-state index in [1.807, 2.05) is 36.4 Å². The number of carbonyl (C=O) groups excluding carboxylic acids is 1. The summed E-state index contributed by atoms with van der Waals surface area (Å²) in [6.45, 7) is 3.88. The first-order chi connectivity index (χ1) is 15.9. The molecule has 1 fully saturated rings. The van der Waals surface area contributed by atoms with Crippen LogP contribution >= 0.6 is 0 Å². The molecule has 1 aliphatic heterocycles. The minimum Gasteiger partial charge on any atom is -0.397 e. The zero-order valence-corrected chi connectivity index (χ0v) is 19.0. The number of rotatable bonds is 6. The minimum atomic E-state index is -0.127. The number of aromatic nitrogens is 2. The second-order valence-corrected chi connectivity index (χ2v) is 8.42. The van der Waals surface area contributed by atoms with Crippen LogP contribution in [0.4, 0.5) is 11.6 Å². The molecule has 1 aliphatic rings. The number of nitrogens with one attached hydrogen (secondary N) is 1. The summed E-state index contributed by atoms with van der Waals surface area (Å²) in [5.74, 6) is 6.94. The average molecular weight is 447 g/mol. The number of hydrogen-bond acceptors (Lipinski definition) is 8. The second-order valence-electron chi connectivity index (χ2n) is 8.42. The maximum absolute atomic E-state index is 12.7. The van der Waals surface area contributed by atoms with Crippen LogP contribution in [0.2, 0.25) is 0 Å². The molecule has 2 aromatic heterocycles. The topological polar surface area (TPSA) is 117 Å². The van der Waals surface area contributed by atoms with Gasteiger partial charge in [-0.1, -0.05) is 12.1 Å². The van der Waals surface area contributed by atoms with Crippen LogP contribution in [-0.4, -0.2) is 66.1 Å². The highest BCUT2D eigenvalue weighted by Crippen LogP contribution is 2.21. The van der Waals surface area contributed by atoms with Crippen molar-refractivity contribution < 1.29 is 4.79 Å². The van der Waals surface area contributed by atoms with Crippen molar-refractivity contribution >= 4 is 34.0 Å². The lowest BCUT2D eigenvalue weighted by molar-refractivity contribution is -0.115. The van der Waals surface area contributed by atoms with Crippen LogP contribution in [0.5, 0.6) is 0 Å². The molecule has 0 aliphatic carbocycles. The summed E-state index contributed by atoms with van der Waals surface area (Å²) in [7, 11) is 3.83. The van der Waals surface area contributed by atoms with E-state index in [9.17, 15) is 4.79 Å². The molecule has 0 atom stereocenters. The zero-order valence-electron chi connectivity index (χ0n) is 19.0. The third-order valence-electron chi connectivity index (χ3n) is 5.67. The number of benzene rings is 1. The molecule has 1 amide bonds. The van der Waals surface area contributed by atoms with Crippen LogP contribution in [0.15, 0.2) is 55.0 Å². The highest BCUT2D eigenvalue weighted by atomic mass is 16.1. The van der Waals surface area contributed by atoms with Crippen LogP contribution in [-0.2, 0) is 11.2 Å². The summed E-state index contributed by atoms with van der Waals surface area (Å²) in [5, 5.41) is 6.19. The number of fused-ring (bicyclic) bond motifs is 1. The van der Waals surface area contributed by atoms with E-state index in [0.29, 0.717) is 11.5 Å². The molecular formula is C24H30N8O. The zero-order chi connectivity index (χ0) is 23.4. The van der Waals surface area contributed by atoms with Crippen LogP contribution in [0.1, 0.15) is 11.1 Å². The van der Waals surface area contributed by atoms with E-state index in [-0.39, 0.29) is 12.3 Å². The molecule has 3 aromatic rings. The summed E-state index contributed by atoms with van der Waals surface area (Å²) < 4.78 is 0. The van der Waals surface area contributed by atoms with Gasteiger partial charge in [0.2, 0.25) is 5.91 Å². The van der Waals surface area contributed by atoms with Gasteiger partial charge in [-0.15, -0.1) is 0 Å². The molecule has 3 heterocycles. The summed E-state index contributed by atoms with van der Waals surface area (Å²) in [6, 6.07) is 11.5. The van der Waals surface area contributed by atoms with Gasteiger partial charge in [-0.3, -0.25) is 4.79 Å². The lowest BCUT2D eigenvalue weighted by atomic mass is 10.1. The van der Waals surface area contributed by atoms with Gasteiger partial charge in [0.15, 0.2) is 0 Å². The van der Waals surface area contributed by atoms with Crippen LogP contribution < -0.4 is 21.8 Å². The summed E-state index contributed by atoms with van der Waals surface area (Å²) in [6.07, 6.45) is 5.40. The Bertz CT molecular complexity index is 1170. The van der Waals surface area contributed by atoms with Gasteiger partial charge in [0.25, 0.3) is 0 Å². The number of hydrogen-bond donors (Lipinski definition) is 3. The summed E-state index contributed by atoms with van der Waals surface area (Å²) >= 11 is 0. The van der Waals surface area contributed by atoms with Crippen molar-refractivity contribution in [2.45, 2.75) is 6.42 Å². The Morgan fingerprint density at radius 1 is 1.12 bits per heavy atom. The average Bonchev–Trinajstić information content (AvgIpc) is 2.78. The Morgan fingerprint density at radius 2 is 1.91 bits per heavy atom. The van der Waals surface area contributed by atoms with Crippen molar-refractivity contribution in [1.29, 1.82) is 0 Å². The van der Waals surface area contributed by atoms with Crippen molar-refractivity contribution in [2.24, 2.45) is 11.6 Å². The number of nitrogens with zero attached hydrogens (tertiary/aromatic N) is 5. The maximum Gasteiger partial charge on any atom is 0.229 e. The minimum absolute atomic E-state index is 0.127. The van der Waals surface area contributed by atoms with Crippen LogP contribution in [0, 0.1) is 0 Å². The molecule has 0 spiro atoms. The van der Waals surface area contributed by atoms with Gasteiger partial charge in [0.05, 0.1) is 12.1 Å². The first kappa shape index (κ1) is 22.5. The maximum atomic E-state index is 12.7. The molecule has 5 N–H and O–H groups in total. The normalized spacial score (nSPS) is 15.0. The van der Waals surface area contributed by atoms with Crippen molar-refractivity contribution in [3.63, 3.8) is 0 Å². The van der Waals surface area contributed by atoms with Gasteiger partial charge in [0.1, 0.15) is 11.6 Å². The number of hydrazine groups is 1. The predicted octanol–water partition coefficient (Wildman–Crippen LogP) is 1.63. The molecule has 172 valence electrons. The van der Waals surface area contributed by atoms with Gasteiger partial charge in [-0.05, 0) is 47.8 Å². The number of nitrogens with two attached hydrogens (primary N) is 2. The molecule has 33 heavy (non-hydrogen) atoms. The highest BCUT2D eigenvalue weighted by Gasteiger charge is 2.16. The SMILES string of the molecule is CN(N)/C=C(\N)c1ccc2cnc(NC(=O)Cc3ccnc(N4CCN(C)CC4)c3)cc2c1. The lowest BCUT2D eigenvalue weighted by Gasteiger charge is -2.33. The third kappa shape index (κ3) is 5.76. The molecule has 4 rings (SSSR count). The monoisotopic (exact) mass is 446 g/mol. The molecular weight excluding hydrogens is 416 g/mol. The fourth-order valence-electron chi connectivity index (χ4n) is 3.83. The summed E-state index contributed by atoms with van der Waals surface area (Å²) in [5.41, 5.74) is 8.43. The Hall–Kier alpha value is -3.69. The Morgan fingerprint density at radius 3 is 2.67 bits per heavy atom. The highest BCUT2D eigenvalue weighted by molar-refractivity contribution is 5.94. The predicted molar refractivity (Wildman–Crippen MR) is 132 cm³/mol. The smallest absolute Gasteiger partial charge is 0.229 e. The van der Waals surface area contributed by atoms with Crippen molar-refractivity contribution in [2.75, 3.05) is 50.5 Å². The van der Waals surface area contributed by atoms with E-state index in [0.717, 1.165) is 53.9 Å². The molecule has 0 bridgehead atoms. The van der Waals surface area contributed by atoms with E-state index in [4.69, 9.17) is 11.6 Å². The standard InChI is InChI=1S/C24H30N8O/c1-30-7-9-32(10-8-30)23-11-17(5-6-27-23)12-24(33)29-22-14-20-13-18(21(25)16-31(2)26)3-4-19(20)15-28-22/h3-6,11,13-16H,7-10,12,25-26H2,1-2H3,(H,28,29,33)/b21-16-. The quantitative estimate of drug-likeness (QED) is 0.386.